The Bertz CT molecular complexity index is 2370. The smallest absolute Gasteiger partial charge is 0.287 e. The maximum Gasteiger partial charge on any atom is 0.287 e. The maximum atomic E-state index is 14.8. The highest BCUT2D eigenvalue weighted by atomic mass is 32.2. The van der Waals surface area contributed by atoms with Gasteiger partial charge in [0.15, 0.2) is 0 Å². The molecule has 15 nitrogen and oxygen atoms in total. The van der Waals surface area contributed by atoms with Crippen molar-refractivity contribution in [2.24, 2.45) is 22.4 Å². The van der Waals surface area contributed by atoms with Crippen LogP contribution in [0.25, 0.3) is 0 Å². The van der Waals surface area contributed by atoms with E-state index in [9.17, 15) is 32.4 Å². The van der Waals surface area contributed by atoms with Crippen LogP contribution in [0.4, 0.5) is 0 Å². The number of nitrogens with one attached hydrogen (secondary N) is 3. The Morgan fingerprint density at radius 3 is 2.14 bits per heavy atom. The van der Waals surface area contributed by atoms with Crippen LogP contribution in [0.3, 0.4) is 0 Å². The van der Waals surface area contributed by atoms with Crippen molar-refractivity contribution in [3.05, 3.63) is 94.0 Å². The highest BCUT2D eigenvalue weighted by Crippen LogP contribution is 2.44. The Kier molecular flexibility index (Phi) is 14.3. The van der Waals surface area contributed by atoms with E-state index in [0.29, 0.717) is 61.0 Å². The summed E-state index contributed by atoms with van der Waals surface area (Å²) in [6.07, 6.45) is 3.44. The highest BCUT2D eigenvalue weighted by Gasteiger charge is 2.58. The van der Waals surface area contributed by atoms with E-state index in [4.69, 9.17) is 16.2 Å². The third kappa shape index (κ3) is 10.7. The Morgan fingerprint density at radius 1 is 0.889 bits per heavy atom. The molecule has 4 amide bonds. The summed E-state index contributed by atoms with van der Waals surface area (Å²) in [5.41, 5.74) is 14.5. The van der Waals surface area contributed by atoms with Gasteiger partial charge in [0.05, 0.1) is 10.8 Å². The summed E-state index contributed by atoms with van der Waals surface area (Å²) in [7, 11) is -4.20. The van der Waals surface area contributed by atoms with Crippen molar-refractivity contribution in [3.8, 4) is 5.75 Å². The maximum absolute atomic E-state index is 14.8. The first-order valence-corrected chi connectivity index (χ1v) is 23.3. The van der Waals surface area contributed by atoms with E-state index in [1.807, 2.05) is 81.4 Å². The van der Waals surface area contributed by atoms with Gasteiger partial charge in [0.25, 0.3) is 15.9 Å². The summed E-state index contributed by atoms with van der Waals surface area (Å²) in [5, 5.41) is 5.64. The van der Waals surface area contributed by atoms with Crippen molar-refractivity contribution in [2.45, 2.75) is 133 Å². The zero-order valence-corrected chi connectivity index (χ0v) is 37.7. The Balaban J connectivity index is 1.23. The molecule has 1 unspecified atom stereocenters. The minimum absolute atomic E-state index is 0.0148. The minimum atomic E-state index is -4.20. The van der Waals surface area contributed by atoms with Gasteiger partial charge < -0.3 is 31.7 Å². The molecule has 3 atom stereocenters. The molecular formula is C47H61N7O8S. The quantitative estimate of drug-likeness (QED) is 0.0510. The monoisotopic (exact) mass is 883 g/mol. The van der Waals surface area contributed by atoms with Gasteiger partial charge in [-0.3, -0.25) is 29.0 Å². The zero-order valence-electron chi connectivity index (χ0n) is 36.9. The Morgan fingerprint density at radius 2 is 1.52 bits per heavy atom. The summed E-state index contributed by atoms with van der Waals surface area (Å²) >= 11 is 0. The summed E-state index contributed by atoms with van der Waals surface area (Å²) < 4.78 is 36.2. The molecule has 1 saturated heterocycles. The van der Waals surface area contributed by atoms with Crippen LogP contribution in [0.1, 0.15) is 98.6 Å². The third-order valence-electron chi connectivity index (χ3n) is 12.6. The van der Waals surface area contributed by atoms with Gasteiger partial charge in [-0.15, -0.1) is 0 Å². The topological polar surface area (TPSA) is 232 Å². The lowest BCUT2D eigenvalue weighted by atomic mass is 9.75. The normalized spacial score (nSPS) is 19.1. The molecular weight excluding hydrogens is 823 g/mol. The fraction of sp³-hybridized carbons (Fsp3) is 0.489. The number of nitrogens with two attached hydrogens (primary N) is 2. The molecule has 0 aromatic heterocycles. The van der Waals surface area contributed by atoms with Crippen molar-refractivity contribution in [3.63, 3.8) is 0 Å². The molecule has 0 bridgehead atoms. The number of primary amides is 1. The van der Waals surface area contributed by atoms with Crippen LogP contribution in [-0.4, -0.2) is 85.0 Å². The average Bonchev–Trinajstić information content (AvgIpc) is 3.83. The predicted octanol–water partition coefficient (Wildman–Crippen LogP) is 3.76. The number of fused-ring (bicyclic) bond motifs is 1. The molecule has 2 heterocycles. The second kappa shape index (κ2) is 19.3. The van der Waals surface area contributed by atoms with E-state index < -0.39 is 56.6 Å². The third-order valence-corrected chi connectivity index (χ3v) is 14.2. The summed E-state index contributed by atoms with van der Waals surface area (Å²) in [6.45, 7) is 9.14. The number of rotatable bonds is 19. The van der Waals surface area contributed by atoms with Crippen LogP contribution in [-0.2, 0) is 53.3 Å². The lowest BCUT2D eigenvalue weighted by Crippen LogP contribution is -2.66. The fourth-order valence-electron chi connectivity index (χ4n) is 9.10. The first-order valence-electron chi connectivity index (χ1n) is 21.8. The first kappa shape index (κ1) is 46.7. The minimum Gasteiger partial charge on any atom is -0.487 e. The summed E-state index contributed by atoms with van der Waals surface area (Å²) in [5.74, 6) is -4.71. The van der Waals surface area contributed by atoms with Gasteiger partial charge in [-0.25, -0.2) is 13.1 Å². The number of guanidine groups is 1. The molecule has 3 aliphatic rings. The van der Waals surface area contributed by atoms with Gasteiger partial charge in [0, 0.05) is 37.5 Å². The van der Waals surface area contributed by atoms with E-state index >= 15 is 0 Å². The first-order chi connectivity index (χ1) is 29.8. The molecule has 1 aliphatic carbocycles. The predicted molar refractivity (Wildman–Crippen MR) is 239 cm³/mol. The molecule has 7 N–H and O–H groups in total. The van der Waals surface area contributed by atoms with Crippen LogP contribution >= 0.6 is 0 Å². The molecule has 0 radical (unpaired) electrons. The van der Waals surface area contributed by atoms with Gasteiger partial charge in [0.2, 0.25) is 29.5 Å². The number of carbonyl (C=O) groups is 5. The number of hydrogen-bond acceptors (Lipinski definition) is 9. The second-order valence-electron chi connectivity index (χ2n) is 17.7. The number of aryl methyl sites for hydroxylation is 2. The summed E-state index contributed by atoms with van der Waals surface area (Å²) in [6, 6.07) is 17.7. The van der Waals surface area contributed by atoms with Crippen molar-refractivity contribution in [2.75, 3.05) is 13.1 Å². The number of benzene rings is 3. The molecule has 0 spiro atoms. The molecule has 6 rings (SSSR count). The van der Waals surface area contributed by atoms with Crippen LogP contribution < -0.4 is 31.6 Å². The number of aliphatic imine (C=N–C) groups is 1. The van der Waals surface area contributed by atoms with Gasteiger partial charge in [-0.1, -0.05) is 60.7 Å². The van der Waals surface area contributed by atoms with Crippen molar-refractivity contribution in [1.82, 2.24) is 20.3 Å². The second-order valence-corrected chi connectivity index (χ2v) is 19.4. The van der Waals surface area contributed by atoms with Gasteiger partial charge in [-0.05, 0) is 120 Å². The van der Waals surface area contributed by atoms with E-state index in [-0.39, 0.29) is 68.0 Å². The molecule has 16 heteroatoms. The Labute approximate surface area is 370 Å². The standard InChI is InChI=1S/C47H61N7O8S/c1-29-30(2)41(31(3)35-28-46(4,5)62-40(29)35)63(60,61)53-45(49)50-26-12-18-36(39(56)42(57)51-34-21-22-34)47(44(48)59)25-13-27-54(47)43(58)37(23-19-32-14-8-6-9-15-32)52-38(55)24-20-33-16-10-7-11-17-33/h6-11,14-17,34,36-37H,12-13,18-28H2,1-5H3,(H2,48,59)(H,51,57)(H,52,55)(H3,49,50,53)/t36-,37+,47?/m1/s1. The summed E-state index contributed by atoms with van der Waals surface area (Å²) in [4.78, 5) is 75.5. The van der Waals surface area contributed by atoms with E-state index in [1.54, 1.807) is 13.8 Å². The zero-order chi connectivity index (χ0) is 45.7. The van der Waals surface area contributed by atoms with Gasteiger partial charge >= 0.3 is 0 Å². The van der Waals surface area contributed by atoms with E-state index in [1.165, 1.54) is 4.90 Å². The number of likely N-dealkylation sites (tertiary alicyclic amines) is 1. The number of amides is 4. The number of sulfonamides is 1. The largest absolute Gasteiger partial charge is 0.487 e. The van der Waals surface area contributed by atoms with Crippen LogP contribution in [0.5, 0.6) is 5.75 Å². The van der Waals surface area contributed by atoms with Crippen LogP contribution in [0.2, 0.25) is 0 Å². The fourth-order valence-corrected chi connectivity index (χ4v) is 10.6. The molecule has 2 aliphatic heterocycles. The van der Waals surface area contributed by atoms with Crippen molar-refractivity contribution in [1.29, 1.82) is 0 Å². The van der Waals surface area contributed by atoms with Crippen molar-refractivity contribution >= 4 is 45.4 Å². The van der Waals surface area contributed by atoms with E-state index in [0.717, 1.165) is 16.7 Å². The number of ether oxygens (including phenoxy) is 1. The number of ketones is 1. The highest BCUT2D eigenvalue weighted by molar-refractivity contribution is 7.90. The molecule has 338 valence electrons. The van der Waals surface area contributed by atoms with Crippen molar-refractivity contribution < 1.29 is 37.1 Å². The van der Waals surface area contributed by atoms with Crippen LogP contribution in [0.15, 0.2) is 70.6 Å². The molecule has 3 aromatic carbocycles. The lowest BCUT2D eigenvalue weighted by molar-refractivity contribution is -0.155. The van der Waals surface area contributed by atoms with Gasteiger partial charge in [-0.2, -0.15) is 0 Å². The number of Topliss-reactive ketones (excluding diaryl/α,β-unsaturated/α-hetero) is 1. The number of nitrogens with zero attached hydrogens (tertiary/aromatic N) is 2. The lowest BCUT2D eigenvalue weighted by Gasteiger charge is -2.42. The number of hydrogen-bond donors (Lipinski definition) is 5. The Hall–Kier alpha value is -5.77. The molecule has 1 saturated carbocycles. The molecule has 63 heavy (non-hydrogen) atoms. The average molecular weight is 884 g/mol. The molecule has 2 fully saturated rings. The SMILES string of the molecule is Cc1c(C)c(S(=O)(=O)NC(N)=NCCC[C@H](C(=O)C(=O)NC2CC2)C2(C(N)=O)CCCN2C(=O)[C@H](CCc2ccccc2)NC(=O)CCc2ccccc2)c(C)c2c1OC(C)(C)C2. The molecule has 3 aromatic rings. The number of carbonyl (C=O) groups excluding carboxylic acids is 5. The van der Waals surface area contributed by atoms with Crippen LogP contribution in [0, 0.1) is 26.7 Å². The van der Waals surface area contributed by atoms with E-state index in [2.05, 4.69) is 20.3 Å². The van der Waals surface area contributed by atoms with Gasteiger partial charge in [0.1, 0.15) is 22.9 Å².